The van der Waals surface area contributed by atoms with Crippen molar-refractivity contribution >= 4 is 61.7 Å². The van der Waals surface area contributed by atoms with Crippen molar-refractivity contribution in [1.82, 2.24) is 4.98 Å². The van der Waals surface area contributed by atoms with Crippen LogP contribution in [-0.2, 0) is 10.3 Å². The summed E-state index contributed by atoms with van der Waals surface area (Å²) in [5.74, 6) is 0.186. The number of benzene rings is 1. The molecular formula is C18H19Br2ClN4O2. The summed E-state index contributed by atoms with van der Waals surface area (Å²) in [5.41, 5.74) is 7.95. The smallest absolute Gasteiger partial charge is 0.274 e. The number of pyridine rings is 1. The van der Waals surface area contributed by atoms with Gasteiger partial charge in [-0.3, -0.25) is 9.79 Å². The number of amidine groups is 1. The van der Waals surface area contributed by atoms with E-state index in [1.165, 1.54) is 0 Å². The van der Waals surface area contributed by atoms with E-state index in [0.717, 1.165) is 20.1 Å². The molecule has 0 aliphatic carbocycles. The highest BCUT2D eigenvalue weighted by atomic mass is 79.9. The lowest BCUT2D eigenvalue weighted by Gasteiger charge is -2.30. The summed E-state index contributed by atoms with van der Waals surface area (Å²) < 4.78 is 7.19. The molecule has 3 rings (SSSR count). The Labute approximate surface area is 180 Å². The first-order valence-electron chi connectivity index (χ1n) is 7.93. The van der Waals surface area contributed by atoms with E-state index in [1.807, 2.05) is 38.1 Å². The van der Waals surface area contributed by atoms with Crippen LogP contribution in [0.2, 0.25) is 0 Å². The molecule has 2 heterocycles. The Bertz CT molecular complexity index is 907. The van der Waals surface area contributed by atoms with Crippen molar-refractivity contribution in [3.8, 4) is 0 Å². The predicted molar refractivity (Wildman–Crippen MR) is 116 cm³/mol. The Morgan fingerprint density at radius 1 is 1.26 bits per heavy atom. The van der Waals surface area contributed by atoms with Crippen LogP contribution >= 0.6 is 44.3 Å². The molecule has 0 spiro atoms. The first-order chi connectivity index (χ1) is 12.3. The van der Waals surface area contributed by atoms with Gasteiger partial charge in [0.05, 0.1) is 6.61 Å². The zero-order chi connectivity index (χ0) is 18.9. The maximum absolute atomic E-state index is 12.6. The van der Waals surface area contributed by atoms with Gasteiger partial charge in [0.1, 0.15) is 23.7 Å². The highest BCUT2D eigenvalue weighted by molar-refractivity contribution is 9.10. The molecule has 1 aliphatic heterocycles. The summed E-state index contributed by atoms with van der Waals surface area (Å²) in [6, 6.07) is 7.51. The largest absolute Gasteiger partial charge is 0.386 e. The lowest BCUT2D eigenvalue weighted by molar-refractivity contribution is 0.102. The Morgan fingerprint density at radius 3 is 2.67 bits per heavy atom. The van der Waals surface area contributed by atoms with Crippen LogP contribution in [0.15, 0.2) is 44.4 Å². The van der Waals surface area contributed by atoms with Crippen LogP contribution < -0.4 is 11.1 Å². The van der Waals surface area contributed by atoms with Gasteiger partial charge in [0.25, 0.3) is 5.91 Å². The van der Waals surface area contributed by atoms with Gasteiger partial charge in [0.2, 0.25) is 0 Å². The van der Waals surface area contributed by atoms with Gasteiger partial charge >= 0.3 is 0 Å². The van der Waals surface area contributed by atoms with E-state index in [-0.39, 0.29) is 18.3 Å². The molecular weight excluding hydrogens is 499 g/mol. The number of aryl methyl sites for hydroxylation is 1. The van der Waals surface area contributed by atoms with Crippen LogP contribution in [-0.4, -0.2) is 29.9 Å². The summed E-state index contributed by atoms with van der Waals surface area (Å²) in [6.07, 6.45) is 1.60. The number of nitrogens with one attached hydrogen (secondary N) is 1. The number of anilines is 1. The molecule has 0 saturated heterocycles. The molecule has 27 heavy (non-hydrogen) atoms. The van der Waals surface area contributed by atoms with Gasteiger partial charge in [-0.15, -0.1) is 12.4 Å². The van der Waals surface area contributed by atoms with Gasteiger partial charge in [-0.25, -0.2) is 4.98 Å². The van der Waals surface area contributed by atoms with Crippen LogP contribution in [0.3, 0.4) is 0 Å². The van der Waals surface area contributed by atoms with Crippen LogP contribution in [0.4, 0.5) is 5.69 Å². The number of nitrogens with zero attached hydrogens (tertiary/aromatic N) is 2. The molecule has 2 aromatic rings. The first-order valence-corrected chi connectivity index (χ1v) is 9.52. The average Bonchev–Trinajstić information content (AvgIpc) is 2.53. The molecule has 0 saturated carbocycles. The van der Waals surface area contributed by atoms with E-state index in [9.17, 15) is 4.79 Å². The van der Waals surface area contributed by atoms with Crippen LogP contribution in [0.5, 0.6) is 0 Å². The number of ether oxygens (including phenoxy) is 1. The maximum Gasteiger partial charge on any atom is 0.274 e. The third kappa shape index (κ3) is 5.07. The van der Waals surface area contributed by atoms with Gasteiger partial charge in [-0.2, -0.15) is 0 Å². The number of hydrogen-bond donors (Lipinski definition) is 2. The molecule has 144 valence electrons. The van der Waals surface area contributed by atoms with E-state index in [2.05, 4.69) is 47.2 Å². The SMILES string of the molecule is Cc1cc(Br)cnc1C(=O)Nc1cc(Br)cc([C@]2(C)COCC(N)=N2)c1.Cl. The topological polar surface area (TPSA) is 89.6 Å². The van der Waals surface area contributed by atoms with Crippen molar-refractivity contribution in [1.29, 1.82) is 0 Å². The fourth-order valence-electron chi connectivity index (χ4n) is 2.82. The second-order valence-corrected chi connectivity index (χ2v) is 8.20. The number of carbonyl (C=O) groups is 1. The highest BCUT2D eigenvalue weighted by Gasteiger charge is 2.30. The molecule has 0 bridgehead atoms. The van der Waals surface area contributed by atoms with E-state index >= 15 is 0 Å². The second-order valence-electron chi connectivity index (χ2n) is 6.37. The minimum Gasteiger partial charge on any atom is -0.386 e. The Morgan fingerprint density at radius 2 is 2.00 bits per heavy atom. The number of amides is 1. The van der Waals surface area contributed by atoms with Crippen molar-refractivity contribution in [3.63, 3.8) is 0 Å². The van der Waals surface area contributed by atoms with Crippen molar-refractivity contribution < 1.29 is 9.53 Å². The van der Waals surface area contributed by atoms with E-state index in [0.29, 0.717) is 30.4 Å². The fourth-order valence-corrected chi connectivity index (χ4v) is 3.76. The lowest BCUT2D eigenvalue weighted by Crippen LogP contribution is -2.37. The Balaban J connectivity index is 0.00000261. The van der Waals surface area contributed by atoms with Crippen LogP contribution in [0.25, 0.3) is 0 Å². The molecule has 0 radical (unpaired) electrons. The maximum atomic E-state index is 12.6. The lowest BCUT2D eigenvalue weighted by atomic mass is 9.92. The average molecular weight is 519 g/mol. The molecule has 1 atom stereocenters. The van der Waals surface area contributed by atoms with Crippen molar-refractivity contribution in [2.24, 2.45) is 10.7 Å². The zero-order valence-corrected chi connectivity index (χ0v) is 18.7. The predicted octanol–water partition coefficient (Wildman–Crippen LogP) is 4.19. The standard InChI is InChI=1S/C18H18Br2N4O2.ClH/c1-10-3-13(20)7-22-16(10)17(25)23-14-5-11(4-12(19)6-14)18(2)9-26-8-15(21)24-18;/h3-7H,8-9H2,1-2H3,(H2,21,24)(H,23,25);1H/t18-;/m0./s1. The third-order valence-corrected chi connectivity index (χ3v) is 4.95. The molecule has 9 heteroatoms. The van der Waals surface area contributed by atoms with Crippen molar-refractivity contribution in [2.75, 3.05) is 18.5 Å². The first kappa shape index (κ1) is 21.8. The number of hydrogen-bond acceptors (Lipinski definition) is 5. The monoisotopic (exact) mass is 516 g/mol. The molecule has 1 aliphatic rings. The number of carbonyl (C=O) groups excluding carboxylic acids is 1. The Kier molecular flexibility index (Phi) is 7.02. The summed E-state index contributed by atoms with van der Waals surface area (Å²) >= 11 is 6.85. The highest BCUT2D eigenvalue weighted by Crippen LogP contribution is 2.32. The summed E-state index contributed by atoms with van der Waals surface area (Å²) in [5, 5.41) is 2.90. The quantitative estimate of drug-likeness (QED) is 0.638. The number of halogens is 3. The molecule has 1 aromatic carbocycles. The van der Waals surface area contributed by atoms with E-state index in [4.69, 9.17) is 10.5 Å². The fraction of sp³-hybridized carbons (Fsp3) is 0.278. The van der Waals surface area contributed by atoms with Gasteiger partial charge in [0, 0.05) is 20.8 Å². The molecule has 1 amide bonds. The van der Waals surface area contributed by atoms with Crippen molar-refractivity contribution in [3.05, 3.63) is 56.2 Å². The summed E-state index contributed by atoms with van der Waals surface area (Å²) in [4.78, 5) is 21.3. The van der Waals surface area contributed by atoms with E-state index < -0.39 is 5.54 Å². The zero-order valence-electron chi connectivity index (χ0n) is 14.8. The van der Waals surface area contributed by atoms with E-state index in [1.54, 1.807) is 6.20 Å². The third-order valence-electron chi connectivity index (χ3n) is 4.06. The molecule has 0 fully saturated rings. The Hall–Kier alpha value is -1.48. The van der Waals surface area contributed by atoms with Gasteiger partial charge < -0.3 is 15.8 Å². The van der Waals surface area contributed by atoms with Gasteiger partial charge in [-0.05, 0) is 65.2 Å². The van der Waals surface area contributed by atoms with Crippen LogP contribution in [0.1, 0.15) is 28.5 Å². The molecule has 6 nitrogen and oxygen atoms in total. The number of aliphatic imine (C=N–C) groups is 1. The minimum atomic E-state index is -0.600. The van der Waals surface area contributed by atoms with Gasteiger partial charge in [-0.1, -0.05) is 15.9 Å². The summed E-state index contributed by atoms with van der Waals surface area (Å²) in [7, 11) is 0. The number of nitrogens with two attached hydrogens (primary N) is 1. The van der Waals surface area contributed by atoms with Crippen molar-refractivity contribution in [2.45, 2.75) is 19.4 Å². The molecule has 3 N–H and O–H groups in total. The normalized spacial score (nSPS) is 19.0. The molecule has 1 aromatic heterocycles. The number of aromatic nitrogens is 1. The number of rotatable bonds is 3. The van der Waals surface area contributed by atoms with Crippen LogP contribution in [0, 0.1) is 6.92 Å². The van der Waals surface area contributed by atoms with Gasteiger partial charge in [0.15, 0.2) is 0 Å². The minimum absolute atomic E-state index is 0. The summed E-state index contributed by atoms with van der Waals surface area (Å²) in [6.45, 7) is 4.55. The second kappa shape index (κ2) is 8.68. The molecule has 0 unspecified atom stereocenters.